The maximum atomic E-state index is 11.2. The molecule has 0 spiro atoms. The number of nitrogens with one attached hydrogen (secondary N) is 1. The molecule has 4 nitrogen and oxygen atoms in total. The molecule has 0 heterocycles. The van der Waals surface area contributed by atoms with Crippen molar-refractivity contribution in [1.29, 1.82) is 0 Å². The summed E-state index contributed by atoms with van der Waals surface area (Å²) in [6.07, 6.45) is 3.24. The van der Waals surface area contributed by atoms with Crippen molar-refractivity contribution in [1.82, 2.24) is 5.32 Å². The van der Waals surface area contributed by atoms with Crippen LogP contribution < -0.4 is 5.32 Å². The fourth-order valence-electron chi connectivity index (χ4n) is 3.31. The van der Waals surface area contributed by atoms with Gasteiger partial charge in [-0.1, -0.05) is 0 Å². The molecule has 4 atom stereocenters. The molecular formula is C12H21NO3. The highest BCUT2D eigenvalue weighted by Gasteiger charge is 2.50. The minimum atomic E-state index is -0.773. The van der Waals surface area contributed by atoms with Crippen molar-refractivity contribution in [3.63, 3.8) is 0 Å². The molecule has 0 radical (unpaired) electrons. The molecule has 2 aliphatic carbocycles. The largest absolute Gasteiger partial charge is 0.481 e. The highest BCUT2D eigenvalue weighted by Crippen LogP contribution is 2.48. The number of hydrogen-bond acceptors (Lipinski definition) is 3. The van der Waals surface area contributed by atoms with Crippen LogP contribution in [0.2, 0.25) is 0 Å². The number of carbonyl (C=O) groups is 1. The van der Waals surface area contributed by atoms with E-state index in [1.807, 2.05) is 0 Å². The van der Waals surface area contributed by atoms with E-state index in [0.717, 1.165) is 19.3 Å². The van der Waals surface area contributed by atoms with Crippen LogP contribution in [0.3, 0.4) is 0 Å². The summed E-state index contributed by atoms with van der Waals surface area (Å²) in [5.74, 6) is -0.0863. The van der Waals surface area contributed by atoms with Crippen LogP contribution in [0, 0.1) is 17.8 Å². The summed E-state index contributed by atoms with van der Waals surface area (Å²) >= 11 is 0. The molecule has 4 unspecified atom stereocenters. The van der Waals surface area contributed by atoms with Crippen LogP contribution in [0.15, 0.2) is 0 Å². The fourth-order valence-corrected chi connectivity index (χ4v) is 3.31. The minimum Gasteiger partial charge on any atom is -0.481 e. The van der Waals surface area contributed by atoms with Crippen molar-refractivity contribution in [2.75, 3.05) is 6.54 Å². The SMILES string of the molecule is CC(C)(O)CNC1C2CCC(C2)C1C(=O)O. The molecule has 2 rings (SSSR count). The third-order valence-corrected chi connectivity index (χ3v) is 3.97. The van der Waals surface area contributed by atoms with Gasteiger partial charge in [0.25, 0.3) is 0 Å². The minimum absolute atomic E-state index is 0.0580. The molecule has 2 saturated carbocycles. The Morgan fingerprint density at radius 2 is 2.00 bits per heavy atom. The molecule has 2 bridgehead atoms. The Hall–Kier alpha value is -0.610. The number of carboxylic acids is 1. The summed E-state index contributed by atoms with van der Waals surface area (Å²) in [5, 5.41) is 22.1. The topological polar surface area (TPSA) is 69.6 Å². The van der Waals surface area contributed by atoms with E-state index in [0.29, 0.717) is 18.4 Å². The van der Waals surface area contributed by atoms with E-state index in [1.54, 1.807) is 13.8 Å². The van der Waals surface area contributed by atoms with Crippen LogP contribution in [-0.2, 0) is 4.79 Å². The van der Waals surface area contributed by atoms with Gasteiger partial charge in [-0.3, -0.25) is 4.79 Å². The zero-order valence-electron chi connectivity index (χ0n) is 9.94. The molecule has 0 saturated heterocycles. The Morgan fingerprint density at radius 3 is 2.56 bits per heavy atom. The first kappa shape index (κ1) is 11.9. The van der Waals surface area contributed by atoms with Crippen LogP contribution in [0.5, 0.6) is 0 Å². The van der Waals surface area contributed by atoms with E-state index < -0.39 is 11.6 Å². The van der Waals surface area contributed by atoms with Crippen molar-refractivity contribution in [2.24, 2.45) is 17.8 Å². The van der Waals surface area contributed by atoms with E-state index in [9.17, 15) is 15.0 Å². The zero-order valence-corrected chi connectivity index (χ0v) is 9.94. The van der Waals surface area contributed by atoms with Gasteiger partial charge in [-0.2, -0.15) is 0 Å². The van der Waals surface area contributed by atoms with Gasteiger partial charge in [0.2, 0.25) is 0 Å². The van der Waals surface area contributed by atoms with Gasteiger partial charge >= 0.3 is 5.97 Å². The molecular weight excluding hydrogens is 206 g/mol. The van der Waals surface area contributed by atoms with E-state index in [1.165, 1.54) is 0 Å². The molecule has 0 amide bonds. The number of rotatable bonds is 4. The summed E-state index contributed by atoms with van der Waals surface area (Å²) in [4.78, 5) is 11.2. The third kappa shape index (κ3) is 2.23. The lowest BCUT2D eigenvalue weighted by atomic mass is 9.84. The Labute approximate surface area is 96.0 Å². The van der Waals surface area contributed by atoms with Crippen molar-refractivity contribution < 1.29 is 15.0 Å². The van der Waals surface area contributed by atoms with Crippen LogP contribution >= 0.6 is 0 Å². The number of fused-ring (bicyclic) bond motifs is 2. The first-order chi connectivity index (χ1) is 7.38. The Bertz CT molecular complexity index is 284. The summed E-state index contributed by atoms with van der Waals surface area (Å²) in [6.45, 7) is 3.94. The smallest absolute Gasteiger partial charge is 0.308 e. The summed E-state index contributed by atoms with van der Waals surface area (Å²) in [6, 6.07) is 0.0580. The average Bonchev–Trinajstić information content (AvgIpc) is 2.71. The maximum Gasteiger partial charge on any atom is 0.308 e. The van der Waals surface area contributed by atoms with Gasteiger partial charge in [0.1, 0.15) is 0 Å². The van der Waals surface area contributed by atoms with Crippen molar-refractivity contribution >= 4 is 5.97 Å². The number of aliphatic hydroxyl groups is 1. The molecule has 16 heavy (non-hydrogen) atoms. The summed E-state index contributed by atoms with van der Waals surface area (Å²) < 4.78 is 0. The van der Waals surface area contributed by atoms with Gasteiger partial charge in [0.15, 0.2) is 0 Å². The molecule has 0 aliphatic heterocycles. The van der Waals surface area contributed by atoms with Crippen molar-refractivity contribution in [3.8, 4) is 0 Å². The number of hydrogen-bond donors (Lipinski definition) is 3. The molecule has 0 aromatic heterocycles. The lowest BCUT2D eigenvalue weighted by molar-refractivity contribution is -0.144. The first-order valence-corrected chi connectivity index (χ1v) is 6.07. The standard InChI is InChI=1S/C12H21NO3/c1-12(2,16)6-13-10-8-4-3-7(5-8)9(10)11(14)15/h7-10,13,16H,3-6H2,1-2H3,(H,14,15). The highest BCUT2D eigenvalue weighted by atomic mass is 16.4. The summed E-state index contributed by atoms with van der Waals surface area (Å²) in [7, 11) is 0. The second-order valence-corrected chi connectivity index (χ2v) is 5.92. The second kappa shape index (κ2) is 4.00. The van der Waals surface area contributed by atoms with E-state index in [2.05, 4.69) is 5.32 Å². The number of aliphatic carboxylic acids is 1. The van der Waals surface area contributed by atoms with E-state index in [4.69, 9.17) is 0 Å². The van der Waals surface area contributed by atoms with Gasteiger partial charge in [0.05, 0.1) is 11.5 Å². The maximum absolute atomic E-state index is 11.2. The van der Waals surface area contributed by atoms with Gasteiger partial charge in [-0.15, -0.1) is 0 Å². The lowest BCUT2D eigenvalue weighted by Crippen LogP contribution is -2.48. The van der Waals surface area contributed by atoms with Crippen LogP contribution in [0.25, 0.3) is 0 Å². The Balaban J connectivity index is 1.99. The van der Waals surface area contributed by atoms with Crippen molar-refractivity contribution in [3.05, 3.63) is 0 Å². The predicted molar refractivity (Wildman–Crippen MR) is 60.0 cm³/mol. The van der Waals surface area contributed by atoms with Crippen LogP contribution in [0.1, 0.15) is 33.1 Å². The normalized spacial score (nSPS) is 37.9. The third-order valence-electron chi connectivity index (χ3n) is 3.97. The average molecular weight is 227 g/mol. The van der Waals surface area contributed by atoms with Crippen molar-refractivity contribution in [2.45, 2.75) is 44.8 Å². The van der Waals surface area contributed by atoms with Gasteiger partial charge in [-0.25, -0.2) is 0 Å². The molecule has 0 aromatic rings. The van der Waals surface area contributed by atoms with Gasteiger partial charge < -0.3 is 15.5 Å². The van der Waals surface area contributed by atoms with Crippen LogP contribution in [-0.4, -0.2) is 34.4 Å². The number of carboxylic acid groups (broad SMARTS) is 1. The summed E-state index contributed by atoms with van der Waals surface area (Å²) in [5.41, 5.74) is -0.773. The quantitative estimate of drug-likeness (QED) is 0.666. The second-order valence-electron chi connectivity index (χ2n) is 5.92. The van der Waals surface area contributed by atoms with Crippen LogP contribution in [0.4, 0.5) is 0 Å². The molecule has 92 valence electrons. The molecule has 2 fully saturated rings. The molecule has 0 aromatic carbocycles. The first-order valence-electron chi connectivity index (χ1n) is 6.07. The van der Waals surface area contributed by atoms with Gasteiger partial charge in [-0.05, 0) is 44.9 Å². The predicted octanol–water partition coefficient (Wildman–Crippen LogP) is 0.846. The Morgan fingerprint density at radius 1 is 1.38 bits per heavy atom. The monoisotopic (exact) mass is 227 g/mol. The van der Waals surface area contributed by atoms with Gasteiger partial charge in [0, 0.05) is 12.6 Å². The molecule has 2 aliphatic rings. The Kier molecular flexibility index (Phi) is 2.97. The highest BCUT2D eigenvalue weighted by molar-refractivity contribution is 5.72. The lowest BCUT2D eigenvalue weighted by Gasteiger charge is -2.31. The fraction of sp³-hybridized carbons (Fsp3) is 0.917. The zero-order chi connectivity index (χ0) is 11.9. The molecule has 4 heteroatoms. The molecule has 3 N–H and O–H groups in total. The van der Waals surface area contributed by atoms with E-state index in [-0.39, 0.29) is 12.0 Å². The van der Waals surface area contributed by atoms with E-state index >= 15 is 0 Å².